The van der Waals surface area contributed by atoms with Crippen LogP contribution in [0.3, 0.4) is 0 Å². The smallest absolute Gasteiger partial charge is 0.241 e. The molecule has 1 aliphatic carbocycles. The van der Waals surface area contributed by atoms with Crippen LogP contribution in [0, 0.1) is 11.8 Å². The Balaban J connectivity index is 1.53. The third kappa shape index (κ3) is 2.91. The SMILES string of the molecule is CCc1ccc(N2C(=O)[C@H]3[C@@H](c4cccc(Br)c4)OC4(C(=O)c5ccccc5C4=O)[C@H]3C2=O)cc1. The fraction of sp³-hybridized carbons (Fsp3) is 0.214. The van der Waals surface area contributed by atoms with Gasteiger partial charge in [-0.1, -0.05) is 71.4 Å². The predicted molar refractivity (Wildman–Crippen MR) is 131 cm³/mol. The van der Waals surface area contributed by atoms with Crippen LogP contribution in [-0.4, -0.2) is 29.0 Å². The number of ether oxygens (including phenoxy) is 1. The standard InChI is InChI=1S/C28H20BrNO5/c1-2-15-10-12-18(13-11-15)30-26(33)21-22(27(30)34)28(35-23(21)16-6-5-7-17(29)14-16)24(31)19-8-3-4-9-20(19)25(28)32/h3-14,21-23H,2H2,1H3/t21-,22-,23-/m1/s1. The number of hydrogen-bond donors (Lipinski definition) is 0. The number of nitrogens with zero attached hydrogens (tertiary/aromatic N) is 1. The summed E-state index contributed by atoms with van der Waals surface area (Å²) in [4.78, 5) is 56.4. The van der Waals surface area contributed by atoms with Gasteiger partial charge < -0.3 is 4.74 Å². The molecule has 0 bridgehead atoms. The highest BCUT2D eigenvalue weighted by molar-refractivity contribution is 9.10. The lowest BCUT2D eigenvalue weighted by Crippen LogP contribution is -2.51. The summed E-state index contributed by atoms with van der Waals surface area (Å²) in [5.41, 5.74) is 0.481. The van der Waals surface area contributed by atoms with Crippen molar-refractivity contribution in [1.29, 1.82) is 0 Å². The lowest BCUT2D eigenvalue weighted by molar-refractivity contribution is -0.127. The summed E-state index contributed by atoms with van der Waals surface area (Å²) in [5, 5.41) is 0. The molecule has 0 radical (unpaired) electrons. The van der Waals surface area contributed by atoms with Gasteiger partial charge in [0.1, 0.15) is 0 Å². The number of Topliss-reactive ketones (excluding diaryl/α,β-unsaturated/α-hetero) is 2. The van der Waals surface area contributed by atoms with Crippen LogP contribution in [0.2, 0.25) is 0 Å². The van der Waals surface area contributed by atoms with Crippen LogP contribution in [0.5, 0.6) is 0 Å². The number of rotatable bonds is 3. The van der Waals surface area contributed by atoms with E-state index in [4.69, 9.17) is 4.74 Å². The van der Waals surface area contributed by atoms with Crippen molar-refractivity contribution in [3.05, 3.63) is 99.5 Å². The molecule has 3 atom stereocenters. The van der Waals surface area contributed by atoms with Gasteiger partial charge in [0.2, 0.25) is 29.0 Å². The first kappa shape index (κ1) is 22.1. The number of amides is 2. The first-order valence-electron chi connectivity index (χ1n) is 11.5. The zero-order valence-electron chi connectivity index (χ0n) is 18.7. The molecule has 6 rings (SSSR count). The highest BCUT2D eigenvalue weighted by Gasteiger charge is 2.74. The largest absolute Gasteiger partial charge is 0.349 e. The minimum Gasteiger partial charge on any atom is -0.349 e. The molecule has 1 spiro atoms. The van der Waals surface area contributed by atoms with Gasteiger partial charge in [0.05, 0.1) is 23.6 Å². The molecule has 2 heterocycles. The molecule has 3 aromatic carbocycles. The van der Waals surface area contributed by atoms with Gasteiger partial charge in [-0.05, 0) is 41.8 Å². The molecule has 3 aliphatic rings. The van der Waals surface area contributed by atoms with Crippen LogP contribution in [0.25, 0.3) is 0 Å². The van der Waals surface area contributed by atoms with Crippen LogP contribution < -0.4 is 4.90 Å². The zero-order valence-corrected chi connectivity index (χ0v) is 20.3. The number of anilines is 1. The summed E-state index contributed by atoms with van der Waals surface area (Å²) in [6.45, 7) is 2.02. The van der Waals surface area contributed by atoms with Crippen molar-refractivity contribution in [3.63, 3.8) is 0 Å². The van der Waals surface area contributed by atoms with Crippen molar-refractivity contribution < 1.29 is 23.9 Å². The van der Waals surface area contributed by atoms with Gasteiger partial charge in [-0.15, -0.1) is 0 Å². The van der Waals surface area contributed by atoms with Crippen LogP contribution in [0.15, 0.2) is 77.3 Å². The van der Waals surface area contributed by atoms with Gasteiger partial charge in [0.15, 0.2) is 0 Å². The van der Waals surface area contributed by atoms with Gasteiger partial charge in [-0.3, -0.25) is 19.2 Å². The Labute approximate surface area is 210 Å². The maximum atomic E-state index is 13.9. The lowest BCUT2D eigenvalue weighted by Gasteiger charge is -2.27. The molecular formula is C28H20BrNO5. The number of fused-ring (bicyclic) bond motifs is 3. The van der Waals surface area contributed by atoms with Crippen molar-refractivity contribution in [2.75, 3.05) is 4.90 Å². The number of benzene rings is 3. The van der Waals surface area contributed by atoms with Crippen LogP contribution in [0.4, 0.5) is 5.69 Å². The third-order valence-electron chi connectivity index (χ3n) is 7.30. The average Bonchev–Trinajstić information content (AvgIpc) is 3.44. The molecule has 2 fully saturated rings. The van der Waals surface area contributed by atoms with Gasteiger partial charge >= 0.3 is 0 Å². The number of ketones is 2. The maximum absolute atomic E-state index is 13.9. The fourth-order valence-electron chi connectivity index (χ4n) is 5.64. The second-order valence-electron chi connectivity index (χ2n) is 9.07. The Morgan fingerprint density at radius 2 is 1.51 bits per heavy atom. The van der Waals surface area contributed by atoms with Gasteiger partial charge in [-0.2, -0.15) is 0 Å². The molecule has 0 unspecified atom stereocenters. The minimum absolute atomic E-state index is 0.220. The molecule has 2 saturated heterocycles. The topological polar surface area (TPSA) is 80.8 Å². The van der Waals surface area contributed by atoms with E-state index in [0.717, 1.165) is 21.4 Å². The van der Waals surface area contributed by atoms with Gasteiger partial charge in [-0.25, -0.2) is 4.90 Å². The number of aryl methyl sites for hydroxylation is 1. The molecule has 0 aromatic heterocycles. The molecule has 6 nitrogen and oxygen atoms in total. The van der Waals surface area contributed by atoms with E-state index in [1.807, 2.05) is 25.1 Å². The molecule has 174 valence electrons. The van der Waals surface area contributed by atoms with E-state index in [1.54, 1.807) is 54.6 Å². The van der Waals surface area contributed by atoms with Crippen molar-refractivity contribution in [1.82, 2.24) is 0 Å². The lowest BCUT2D eigenvalue weighted by atomic mass is 9.77. The molecule has 2 aliphatic heterocycles. The molecule has 0 N–H and O–H groups in total. The second-order valence-corrected chi connectivity index (χ2v) is 9.98. The van der Waals surface area contributed by atoms with Crippen molar-refractivity contribution in [2.24, 2.45) is 11.8 Å². The van der Waals surface area contributed by atoms with Crippen molar-refractivity contribution in [2.45, 2.75) is 25.0 Å². The quantitative estimate of drug-likeness (QED) is 0.362. The molecule has 35 heavy (non-hydrogen) atoms. The van der Waals surface area contributed by atoms with Gasteiger partial charge in [0, 0.05) is 15.6 Å². The van der Waals surface area contributed by atoms with E-state index in [2.05, 4.69) is 15.9 Å². The van der Waals surface area contributed by atoms with E-state index >= 15 is 0 Å². The number of imide groups is 1. The highest BCUT2D eigenvalue weighted by Crippen LogP contribution is 2.57. The first-order valence-corrected chi connectivity index (χ1v) is 12.3. The summed E-state index contributed by atoms with van der Waals surface area (Å²) in [5.74, 6) is -4.44. The second kappa shape index (κ2) is 7.80. The Bertz CT molecular complexity index is 1390. The third-order valence-corrected chi connectivity index (χ3v) is 7.79. The summed E-state index contributed by atoms with van der Waals surface area (Å²) in [6.07, 6.45) is -0.118. The Kier molecular flexibility index (Phi) is 4.92. The predicted octanol–water partition coefficient (Wildman–Crippen LogP) is 4.71. The number of hydrogen-bond acceptors (Lipinski definition) is 5. The Hall–Kier alpha value is -3.42. The van der Waals surface area contributed by atoms with E-state index in [9.17, 15) is 19.2 Å². The maximum Gasteiger partial charge on any atom is 0.241 e. The molecule has 3 aromatic rings. The number of carbonyl (C=O) groups is 4. The van der Waals surface area contributed by atoms with E-state index < -0.39 is 46.9 Å². The van der Waals surface area contributed by atoms with Crippen molar-refractivity contribution >= 4 is 45.0 Å². The van der Waals surface area contributed by atoms with Gasteiger partial charge in [0.25, 0.3) is 0 Å². The Morgan fingerprint density at radius 3 is 2.11 bits per heavy atom. The monoisotopic (exact) mass is 529 g/mol. The zero-order chi connectivity index (χ0) is 24.5. The summed E-state index contributed by atoms with van der Waals surface area (Å²) in [6, 6.07) is 20.8. The van der Waals surface area contributed by atoms with Crippen LogP contribution in [0.1, 0.15) is 44.9 Å². The summed E-state index contributed by atoms with van der Waals surface area (Å²) in [7, 11) is 0. The molecule has 7 heteroatoms. The summed E-state index contributed by atoms with van der Waals surface area (Å²) >= 11 is 3.44. The normalized spacial score (nSPS) is 24.4. The van der Waals surface area contributed by atoms with E-state index in [-0.39, 0.29) is 11.1 Å². The Morgan fingerprint density at radius 1 is 0.857 bits per heavy atom. The number of carbonyl (C=O) groups excluding carboxylic acids is 4. The fourth-order valence-corrected chi connectivity index (χ4v) is 6.05. The first-order chi connectivity index (χ1) is 16.9. The highest BCUT2D eigenvalue weighted by atomic mass is 79.9. The molecule has 0 saturated carbocycles. The summed E-state index contributed by atoms with van der Waals surface area (Å²) < 4.78 is 7.06. The van der Waals surface area contributed by atoms with Crippen LogP contribution in [-0.2, 0) is 20.7 Å². The average molecular weight is 530 g/mol. The van der Waals surface area contributed by atoms with E-state index in [0.29, 0.717) is 11.3 Å². The van der Waals surface area contributed by atoms with Crippen LogP contribution >= 0.6 is 15.9 Å². The minimum atomic E-state index is -2.06. The number of halogens is 1. The van der Waals surface area contributed by atoms with Crippen molar-refractivity contribution in [3.8, 4) is 0 Å². The molecular weight excluding hydrogens is 510 g/mol. The molecule has 2 amide bonds. The van der Waals surface area contributed by atoms with E-state index in [1.165, 1.54) is 0 Å².